The molecule has 2 aromatic carbocycles. The molecular formula is C19H18FNO4. The zero-order valence-corrected chi connectivity index (χ0v) is 13.8. The van der Waals surface area contributed by atoms with Gasteiger partial charge < -0.3 is 10.1 Å². The van der Waals surface area contributed by atoms with Crippen molar-refractivity contribution in [2.45, 2.75) is 19.8 Å². The summed E-state index contributed by atoms with van der Waals surface area (Å²) in [6.07, 6.45) is -0.103. The molecule has 0 atom stereocenters. The van der Waals surface area contributed by atoms with E-state index in [4.69, 9.17) is 4.74 Å². The second-order valence-corrected chi connectivity index (χ2v) is 5.46. The predicted molar refractivity (Wildman–Crippen MR) is 90.7 cm³/mol. The number of amides is 1. The summed E-state index contributed by atoms with van der Waals surface area (Å²) in [6.45, 7) is 1.12. The van der Waals surface area contributed by atoms with Crippen molar-refractivity contribution in [1.82, 2.24) is 0 Å². The van der Waals surface area contributed by atoms with E-state index in [9.17, 15) is 18.8 Å². The number of anilines is 1. The average molecular weight is 343 g/mol. The average Bonchev–Trinajstić information content (AvgIpc) is 2.61. The minimum Gasteiger partial charge on any atom is -0.456 e. The standard InChI is InChI=1S/C19H18FNO4/c1-13-7-8-15(11-16(13)20)21-18(23)12-25-19(24)10-9-17(22)14-5-3-2-4-6-14/h2-8,11H,9-10,12H2,1H3,(H,21,23). The van der Waals surface area contributed by atoms with Gasteiger partial charge in [-0.05, 0) is 24.6 Å². The van der Waals surface area contributed by atoms with Gasteiger partial charge in [0, 0.05) is 17.7 Å². The Hall–Kier alpha value is -3.02. The summed E-state index contributed by atoms with van der Waals surface area (Å²) in [6, 6.07) is 12.9. The van der Waals surface area contributed by atoms with E-state index in [0.717, 1.165) is 0 Å². The van der Waals surface area contributed by atoms with E-state index in [-0.39, 0.29) is 24.3 Å². The highest BCUT2D eigenvalue weighted by atomic mass is 19.1. The quantitative estimate of drug-likeness (QED) is 0.618. The van der Waals surface area contributed by atoms with Crippen LogP contribution in [0.2, 0.25) is 0 Å². The van der Waals surface area contributed by atoms with Gasteiger partial charge in [0.1, 0.15) is 5.82 Å². The van der Waals surface area contributed by atoms with E-state index in [1.165, 1.54) is 12.1 Å². The maximum Gasteiger partial charge on any atom is 0.306 e. The Labute approximate surface area is 144 Å². The number of halogens is 1. The van der Waals surface area contributed by atoms with Crippen molar-refractivity contribution in [2.75, 3.05) is 11.9 Å². The molecule has 0 saturated heterocycles. The van der Waals surface area contributed by atoms with Crippen molar-refractivity contribution in [2.24, 2.45) is 0 Å². The van der Waals surface area contributed by atoms with Crippen LogP contribution in [0, 0.1) is 12.7 Å². The first-order chi connectivity index (χ1) is 12.0. The molecule has 25 heavy (non-hydrogen) atoms. The highest BCUT2D eigenvalue weighted by Gasteiger charge is 2.12. The normalized spacial score (nSPS) is 10.2. The van der Waals surface area contributed by atoms with Crippen LogP contribution in [0.1, 0.15) is 28.8 Å². The molecule has 0 aromatic heterocycles. The molecule has 130 valence electrons. The minimum absolute atomic E-state index is 0.00758. The lowest BCUT2D eigenvalue weighted by atomic mass is 10.1. The van der Waals surface area contributed by atoms with E-state index in [2.05, 4.69) is 5.32 Å². The van der Waals surface area contributed by atoms with Crippen LogP contribution in [0.15, 0.2) is 48.5 Å². The van der Waals surface area contributed by atoms with Crippen molar-refractivity contribution in [1.29, 1.82) is 0 Å². The fourth-order valence-corrected chi connectivity index (χ4v) is 2.07. The molecule has 2 rings (SSSR count). The van der Waals surface area contributed by atoms with Crippen molar-refractivity contribution in [3.8, 4) is 0 Å². The Morgan fingerprint density at radius 3 is 2.44 bits per heavy atom. The van der Waals surface area contributed by atoms with Crippen LogP contribution in [0.3, 0.4) is 0 Å². The van der Waals surface area contributed by atoms with Gasteiger partial charge in [0.15, 0.2) is 12.4 Å². The maximum absolute atomic E-state index is 13.4. The molecule has 0 fully saturated rings. The Kier molecular flexibility index (Phi) is 6.39. The second kappa shape index (κ2) is 8.73. The lowest BCUT2D eigenvalue weighted by molar-refractivity contribution is -0.147. The van der Waals surface area contributed by atoms with E-state index in [1.54, 1.807) is 43.3 Å². The fraction of sp³-hybridized carbons (Fsp3) is 0.211. The number of hydrogen-bond acceptors (Lipinski definition) is 4. The molecule has 0 spiro atoms. The summed E-state index contributed by atoms with van der Waals surface area (Å²) < 4.78 is 18.2. The van der Waals surface area contributed by atoms with Gasteiger partial charge in [-0.3, -0.25) is 14.4 Å². The summed E-state index contributed by atoms with van der Waals surface area (Å²) in [5.41, 5.74) is 1.27. The largest absolute Gasteiger partial charge is 0.456 e. The first-order valence-electron chi connectivity index (χ1n) is 7.75. The van der Waals surface area contributed by atoms with Crippen molar-refractivity contribution in [3.05, 3.63) is 65.5 Å². The number of aryl methyl sites for hydroxylation is 1. The molecule has 0 radical (unpaired) electrons. The number of Topliss-reactive ketones (excluding diaryl/α,β-unsaturated/α-hetero) is 1. The van der Waals surface area contributed by atoms with Gasteiger partial charge in [0.25, 0.3) is 5.91 Å². The summed E-state index contributed by atoms with van der Waals surface area (Å²) in [4.78, 5) is 35.2. The van der Waals surface area contributed by atoms with Gasteiger partial charge in [-0.2, -0.15) is 0 Å². The monoisotopic (exact) mass is 343 g/mol. The number of carbonyl (C=O) groups excluding carboxylic acids is 3. The molecular weight excluding hydrogens is 325 g/mol. The highest BCUT2D eigenvalue weighted by Crippen LogP contribution is 2.13. The van der Waals surface area contributed by atoms with Gasteiger partial charge in [0.05, 0.1) is 6.42 Å². The SMILES string of the molecule is Cc1ccc(NC(=O)COC(=O)CCC(=O)c2ccccc2)cc1F. The van der Waals surface area contributed by atoms with E-state index in [0.29, 0.717) is 11.1 Å². The first kappa shape index (κ1) is 18.3. The minimum atomic E-state index is -0.644. The Morgan fingerprint density at radius 1 is 1.04 bits per heavy atom. The molecule has 2 aromatic rings. The third kappa shape index (κ3) is 5.84. The molecule has 6 heteroatoms. The molecule has 0 heterocycles. The number of nitrogens with one attached hydrogen (secondary N) is 1. The fourth-order valence-electron chi connectivity index (χ4n) is 2.07. The van der Waals surface area contributed by atoms with Gasteiger partial charge >= 0.3 is 5.97 Å². The summed E-state index contributed by atoms with van der Waals surface area (Å²) >= 11 is 0. The molecule has 0 saturated carbocycles. The van der Waals surface area contributed by atoms with E-state index >= 15 is 0 Å². The van der Waals surface area contributed by atoms with Crippen LogP contribution in [-0.4, -0.2) is 24.3 Å². The Balaban J connectivity index is 1.73. The van der Waals surface area contributed by atoms with Crippen LogP contribution >= 0.6 is 0 Å². The third-order valence-electron chi connectivity index (χ3n) is 3.47. The number of benzene rings is 2. The van der Waals surface area contributed by atoms with Crippen LogP contribution < -0.4 is 5.32 Å². The highest BCUT2D eigenvalue weighted by molar-refractivity contribution is 5.97. The van der Waals surface area contributed by atoms with Gasteiger partial charge in [0.2, 0.25) is 0 Å². The number of carbonyl (C=O) groups is 3. The molecule has 0 unspecified atom stereocenters. The van der Waals surface area contributed by atoms with Crippen molar-refractivity contribution in [3.63, 3.8) is 0 Å². The topological polar surface area (TPSA) is 72.5 Å². The van der Waals surface area contributed by atoms with Gasteiger partial charge in [-0.15, -0.1) is 0 Å². The van der Waals surface area contributed by atoms with Crippen LogP contribution in [0.25, 0.3) is 0 Å². The number of ether oxygens (including phenoxy) is 1. The Bertz CT molecular complexity index is 774. The maximum atomic E-state index is 13.4. The van der Waals surface area contributed by atoms with Gasteiger partial charge in [-0.25, -0.2) is 4.39 Å². The third-order valence-corrected chi connectivity index (χ3v) is 3.47. The molecule has 0 aliphatic heterocycles. The zero-order valence-electron chi connectivity index (χ0n) is 13.8. The summed E-state index contributed by atoms with van der Waals surface area (Å²) in [7, 11) is 0. The number of esters is 1. The van der Waals surface area contributed by atoms with E-state index in [1.807, 2.05) is 0 Å². The van der Waals surface area contributed by atoms with Crippen LogP contribution in [0.4, 0.5) is 10.1 Å². The van der Waals surface area contributed by atoms with Crippen molar-refractivity contribution >= 4 is 23.3 Å². The molecule has 0 aliphatic carbocycles. The zero-order chi connectivity index (χ0) is 18.2. The second-order valence-electron chi connectivity index (χ2n) is 5.46. The molecule has 1 amide bonds. The summed E-state index contributed by atoms with van der Waals surface area (Å²) in [5.74, 6) is -1.83. The predicted octanol–water partition coefficient (Wildman–Crippen LogP) is 3.28. The number of rotatable bonds is 7. The first-order valence-corrected chi connectivity index (χ1v) is 7.75. The number of hydrogen-bond donors (Lipinski definition) is 1. The smallest absolute Gasteiger partial charge is 0.306 e. The lowest BCUT2D eigenvalue weighted by Gasteiger charge is -2.07. The van der Waals surface area contributed by atoms with Crippen LogP contribution in [-0.2, 0) is 14.3 Å². The molecule has 0 aliphatic rings. The van der Waals surface area contributed by atoms with E-state index < -0.39 is 24.3 Å². The number of ketones is 1. The van der Waals surface area contributed by atoms with Gasteiger partial charge in [-0.1, -0.05) is 36.4 Å². The lowest BCUT2D eigenvalue weighted by Crippen LogP contribution is -2.21. The molecule has 5 nitrogen and oxygen atoms in total. The van der Waals surface area contributed by atoms with Crippen LogP contribution in [0.5, 0.6) is 0 Å². The van der Waals surface area contributed by atoms with Crippen molar-refractivity contribution < 1.29 is 23.5 Å². The Morgan fingerprint density at radius 2 is 1.76 bits per heavy atom. The molecule has 0 bridgehead atoms. The summed E-state index contributed by atoms with van der Waals surface area (Å²) in [5, 5.41) is 2.43. The molecule has 1 N–H and O–H groups in total.